The fraction of sp³-hybridized carbons (Fsp3) is 0.417. The highest BCUT2D eigenvalue weighted by Gasteiger charge is 2.27. The van der Waals surface area contributed by atoms with Crippen LogP contribution < -0.4 is 10.2 Å². The highest BCUT2D eigenvalue weighted by molar-refractivity contribution is 5.97. The summed E-state index contributed by atoms with van der Waals surface area (Å²) >= 11 is 0. The normalized spacial score (nSPS) is 15.0. The molecule has 2 aromatic rings. The predicted molar refractivity (Wildman–Crippen MR) is 118 cm³/mol. The molecule has 0 bridgehead atoms. The maximum Gasteiger partial charge on any atom is 0.251 e. The molecule has 1 fully saturated rings. The van der Waals surface area contributed by atoms with Crippen LogP contribution in [-0.2, 0) is 16.1 Å². The number of nitrogens with one attached hydrogen (secondary N) is 1. The zero-order chi connectivity index (χ0) is 21.5. The predicted octanol–water partition coefficient (Wildman–Crippen LogP) is 2.94. The van der Waals surface area contributed by atoms with E-state index in [0.717, 1.165) is 31.9 Å². The minimum absolute atomic E-state index is 0.0173. The Labute approximate surface area is 178 Å². The van der Waals surface area contributed by atoms with Crippen LogP contribution in [0.1, 0.15) is 29.8 Å². The molecule has 6 nitrogen and oxygen atoms in total. The van der Waals surface area contributed by atoms with Crippen LogP contribution in [0.4, 0.5) is 5.69 Å². The van der Waals surface area contributed by atoms with Gasteiger partial charge in [0.1, 0.15) is 6.04 Å². The minimum Gasteiger partial charge on any atom is -0.378 e. The Bertz CT molecular complexity index is 831. The van der Waals surface area contributed by atoms with Crippen LogP contribution in [0, 0.1) is 5.92 Å². The first-order chi connectivity index (χ1) is 14.5. The Balaban J connectivity index is 1.61. The molecule has 0 spiro atoms. The lowest BCUT2D eigenvalue weighted by Crippen LogP contribution is -2.50. The largest absolute Gasteiger partial charge is 0.378 e. The fourth-order valence-electron chi connectivity index (χ4n) is 3.55. The Morgan fingerprint density at radius 2 is 1.67 bits per heavy atom. The van der Waals surface area contributed by atoms with Crippen LogP contribution in [0.3, 0.4) is 0 Å². The monoisotopic (exact) mass is 409 g/mol. The van der Waals surface area contributed by atoms with E-state index in [1.807, 2.05) is 32.0 Å². The molecule has 0 radical (unpaired) electrons. The molecule has 0 saturated carbocycles. The second kappa shape index (κ2) is 10.3. The molecule has 30 heavy (non-hydrogen) atoms. The van der Waals surface area contributed by atoms with Gasteiger partial charge in [-0.25, -0.2) is 0 Å². The molecule has 1 saturated heterocycles. The van der Waals surface area contributed by atoms with E-state index < -0.39 is 6.04 Å². The van der Waals surface area contributed by atoms with Gasteiger partial charge in [-0.15, -0.1) is 0 Å². The topological polar surface area (TPSA) is 61.9 Å². The Morgan fingerprint density at radius 1 is 1.03 bits per heavy atom. The molecule has 1 atom stereocenters. The van der Waals surface area contributed by atoms with Gasteiger partial charge in [0.25, 0.3) is 5.91 Å². The number of carbonyl (C=O) groups is 2. The third-order valence-electron chi connectivity index (χ3n) is 5.36. The van der Waals surface area contributed by atoms with Crippen molar-refractivity contribution in [1.82, 2.24) is 10.2 Å². The van der Waals surface area contributed by atoms with Crippen LogP contribution in [0.5, 0.6) is 0 Å². The average molecular weight is 410 g/mol. The number of anilines is 1. The van der Waals surface area contributed by atoms with Gasteiger partial charge >= 0.3 is 0 Å². The fourth-order valence-corrected chi connectivity index (χ4v) is 3.55. The number of hydrogen-bond donors (Lipinski definition) is 1. The molecule has 2 amide bonds. The highest BCUT2D eigenvalue weighted by Crippen LogP contribution is 2.18. The van der Waals surface area contributed by atoms with Crippen molar-refractivity contribution in [2.45, 2.75) is 26.4 Å². The van der Waals surface area contributed by atoms with E-state index in [1.165, 1.54) is 5.69 Å². The average Bonchev–Trinajstić information content (AvgIpc) is 2.78. The van der Waals surface area contributed by atoms with Gasteiger partial charge in [-0.3, -0.25) is 9.59 Å². The number of ether oxygens (including phenoxy) is 1. The second-order valence-electron chi connectivity index (χ2n) is 8.02. The van der Waals surface area contributed by atoms with E-state index in [2.05, 4.69) is 34.5 Å². The van der Waals surface area contributed by atoms with Crippen molar-refractivity contribution in [1.29, 1.82) is 0 Å². The Hall–Kier alpha value is -2.86. The maximum atomic E-state index is 13.1. The molecule has 1 aliphatic heterocycles. The number of benzene rings is 2. The van der Waals surface area contributed by atoms with Crippen molar-refractivity contribution < 1.29 is 14.3 Å². The van der Waals surface area contributed by atoms with Crippen LogP contribution >= 0.6 is 0 Å². The molecule has 160 valence electrons. The van der Waals surface area contributed by atoms with Crippen molar-refractivity contribution >= 4 is 17.5 Å². The quantitative estimate of drug-likeness (QED) is 0.764. The van der Waals surface area contributed by atoms with Crippen molar-refractivity contribution in [2.24, 2.45) is 5.92 Å². The lowest BCUT2D eigenvalue weighted by Gasteiger charge is -2.29. The summed E-state index contributed by atoms with van der Waals surface area (Å²) in [7, 11) is 1.78. The minimum atomic E-state index is -0.574. The maximum absolute atomic E-state index is 13.1. The molecular weight excluding hydrogens is 378 g/mol. The molecule has 0 unspecified atom stereocenters. The number of amides is 2. The third kappa shape index (κ3) is 5.60. The number of carbonyl (C=O) groups excluding carboxylic acids is 2. The summed E-state index contributed by atoms with van der Waals surface area (Å²) in [6.07, 6.45) is 0. The highest BCUT2D eigenvalue weighted by atomic mass is 16.5. The molecule has 0 aliphatic carbocycles. The van der Waals surface area contributed by atoms with E-state index in [1.54, 1.807) is 24.1 Å². The van der Waals surface area contributed by atoms with Gasteiger partial charge in [0.15, 0.2) is 0 Å². The number of nitrogens with zero attached hydrogens (tertiary/aromatic N) is 2. The van der Waals surface area contributed by atoms with Crippen molar-refractivity contribution in [2.75, 3.05) is 38.3 Å². The summed E-state index contributed by atoms with van der Waals surface area (Å²) in [5.41, 5.74) is 2.78. The van der Waals surface area contributed by atoms with Gasteiger partial charge in [-0.1, -0.05) is 44.2 Å². The van der Waals surface area contributed by atoms with Crippen molar-refractivity contribution in [3.05, 3.63) is 65.7 Å². The SMILES string of the molecule is CC(C)[C@H](NC(=O)c1ccccc1)C(=O)N(C)Cc1ccc(N2CCOCC2)cc1. The lowest BCUT2D eigenvalue weighted by atomic mass is 10.0. The smallest absolute Gasteiger partial charge is 0.251 e. The summed E-state index contributed by atoms with van der Waals surface area (Å²) < 4.78 is 5.41. The number of morpholine rings is 1. The standard InChI is InChI=1S/C24H31N3O3/c1-18(2)22(25-23(28)20-7-5-4-6-8-20)24(29)26(3)17-19-9-11-21(12-10-19)27-13-15-30-16-14-27/h4-12,18,22H,13-17H2,1-3H3,(H,25,28)/t22-/m0/s1. The first kappa shape index (κ1) is 21.8. The summed E-state index contributed by atoms with van der Waals surface area (Å²) in [5.74, 6) is -0.339. The first-order valence-corrected chi connectivity index (χ1v) is 10.5. The summed E-state index contributed by atoms with van der Waals surface area (Å²) in [6.45, 7) is 7.68. The van der Waals surface area contributed by atoms with Crippen molar-refractivity contribution in [3.63, 3.8) is 0 Å². The van der Waals surface area contributed by atoms with Crippen LogP contribution in [0.15, 0.2) is 54.6 Å². The summed E-state index contributed by atoms with van der Waals surface area (Å²) in [4.78, 5) is 29.6. The zero-order valence-electron chi connectivity index (χ0n) is 18.0. The lowest BCUT2D eigenvalue weighted by molar-refractivity contribution is -0.133. The van der Waals surface area contributed by atoms with Gasteiger partial charge in [0.2, 0.25) is 5.91 Å². The van der Waals surface area contributed by atoms with E-state index in [-0.39, 0.29) is 17.7 Å². The summed E-state index contributed by atoms with van der Waals surface area (Å²) in [5, 5.41) is 2.90. The van der Waals surface area contributed by atoms with Crippen LogP contribution in [-0.4, -0.2) is 56.1 Å². The zero-order valence-corrected chi connectivity index (χ0v) is 18.0. The Morgan fingerprint density at radius 3 is 2.27 bits per heavy atom. The molecule has 1 aliphatic rings. The van der Waals surface area contributed by atoms with Crippen LogP contribution in [0.2, 0.25) is 0 Å². The molecule has 6 heteroatoms. The molecule has 3 rings (SSSR count). The number of rotatable bonds is 7. The number of hydrogen-bond acceptors (Lipinski definition) is 4. The van der Waals surface area contributed by atoms with Gasteiger partial charge < -0.3 is 19.9 Å². The molecule has 1 N–H and O–H groups in total. The first-order valence-electron chi connectivity index (χ1n) is 10.5. The third-order valence-corrected chi connectivity index (χ3v) is 5.36. The van der Waals surface area contributed by atoms with Crippen molar-refractivity contribution in [3.8, 4) is 0 Å². The Kier molecular flexibility index (Phi) is 7.46. The van der Waals surface area contributed by atoms with Gasteiger partial charge in [-0.2, -0.15) is 0 Å². The van der Waals surface area contributed by atoms with Gasteiger partial charge in [-0.05, 0) is 35.7 Å². The van der Waals surface area contributed by atoms with Crippen LogP contribution in [0.25, 0.3) is 0 Å². The molecule has 0 aromatic heterocycles. The summed E-state index contributed by atoms with van der Waals surface area (Å²) in [6, 6.07) is 16.7. The molecular formula is C24H31N3O3. The second-order valence-corrected chi connectivity index (χ2v) is 8.02. The van der Waals surface area contributed by atoms with Gasteiger partial charge in [0, 0.05) is 37.9 Å². The van der Waals surface area contributed by atoms with E-state index in [0.29, 0.717) is 12.1 Å². The van der Waals surface area contributed by atoms with E-state index in [9.17, 15) is 9.59 Å². The van der Waals surface area contributed by atoms with E-state index in [4.69, 9.17) is 4.74 Å². The molecule has 1 heterocycles. The molecule has 2 aromatic carbocycles. The van der Waals surface area contributed by atoms with E-state index >= 15 is 0 Å². The van der Waals surface area contributed by atoms with Gasteiger partial charge in [0.05, 0.1) is 13.2 Å². The number of likely N-dealkylation sites (N-methyl/N-ethyl adjacent to an activating group) is 1.